The number of anilines is 1. The van der Waals surface area contributed by atoms with E-state index in [2.05, 4.69) is 26.6 Å². The van der Waals surface area contributed by atoms with E-state index in [1.54, 1.807) is 24.3 Å². The van der Waals surface area contributed by atoms with Crippen molar-refractivity contribution in [2.75, 3.05) is 5.32 Å². The molecule has 0 aliphatic heterocycles. The van der Waals surface area contributed by atoms with Crippen molar-refractivity contribution in [1.82, 2.24) is 5.32 Å². The number of hydrogen-bond acceptors (Lipinski definition) is 2. The maximum atomic E-state index is 11.9. The zero-order chi connectivity index (χ0) is 16.1. The molecule has 0 unspecified atom stereocenters. The summed E-state index contributed by atoms with van der Waals surface area (Å²) < 4.78 is 0.725. The van der Waals surface area contributed by atoms with Crippen molar-refractivity contribution in [3.05, 3.63) is 63.1 Å². The van der Waals surface area contributed by atoms with Crippen LogP contribution in [0.5, 0.6) is 0 Å². The van der Waals surface area contributed by atoms with E-state index < -0.39 is 11.8 Å². The third-order valence-electron chi connectivity index (χ3n) is 2.92. The molecule has 0 saturated carbocycles. The lowest BCUT2D eigenvalue weighted by molar-refractivity contribution is -0.136. The fourth-order valence-corrected chi connectivity index (χ4v) is 2.62. The fourth-order valence-electron chi connectivity index (χ4n) is 1.81. The lowest BCUT2D eigenvalue weighted by Crippen LogP contribution is -2.35. The van der Waals surface area contributed by atoms with Gasteiger partial charge in [-0.25, -0.2) is 0 Å². The van der Waals surface area contributed by atoms with Gasteiger partial charge in [-0.05, 0) is 58.2 Å². The molecular weight excluding hydrogens is 368 g/mol. The van der Waals surface area contributed by atoms with Gasteiger partial charge >= 0.3 is 11.8 Å². The molecule has 114 valence electrons. The Kier molecular flexibility index (Phi) is 5.57. The Morgan fingerprint density at radius 1 is 1.14 bits per heavy atom. The molecule has 0 radical (unpaired) electrons. The molecule has 2 N–H and O–H groups in total. The van der Waals surface area contributed by atoms with Crippen LogP contribution >= 0.6 is 27.5 Å². The first-order valence-corrected chi connectivity index (χ1v) is 7.72. The zero-order valence-electron chi connectivity index (χ0n) is 11.8. The fraction of sp³-hybridized carbons (Fsp3) is 0.125. The highest BCUT2D eigenvalue weighted by Gasteiger charge is 2.14. The van der Waals surface area contributed by atoms with E-state index in [0.29, 0.717) is 10.7 Å². The number of rotatable bonds is 3. The SMILES string of the molecule is Cc1ccc(NC(=O)C(=O)NCc2cccc(Cl)c2)c(Br)c1. The van der Waals surface area contributed by atoms with Crippen molar-refractivity contribution in [2.45, 2.75) is 13.5 Å². The molecule has 2 rings (SSSR count). The van der Waals surface area contributed by atoms with Crippen LogP contribution in [-0.4, -0.2) is 11.8 Å². The van der Waals surface area contributed by atoms with Crippen LogP contribution < -0.4 is 10.6 Å². The second kappa shape index (κ2) is 7.42. The topological polar surface area (TPSA) is 58.2 Å². The molecule has 4 nitrogen and oxygen atoms in total. The minimum absolute atomic E-state index is 0.238. The summed E-state index contributed by atoms with van der Waals surface area (Å²) in [6.45, 7) is 2.18. The van der Waals surface area contributed by atoms with E-state index in [9.17, 15) is 9.59 Å². The summed E-state index contributed by atoms with van der Waals surface area (Å²) in [7, 11) is 0. The second-order valence-corrected chi connectivity index (χ2v) is 6.04. The summed E-state index contributed by atoms with van der Waals surface area (Å²) in [4.78, 5) is 23.7. The second-order valence-electron chi connectivity index (χ2n) is 4.75. The number of nitrogens with one attached hydrogen (secondary N) is 2. The predicted octanol–water partition coefficient (Wildman–Crippen LogP) is 3.67. The summed E-state index contributed by atoms with van der Waals surface area (Å²) >= 11 is 9.21. The number of amides is 2. The zero-order valence-corrected chi connectivity index (χ0v) is 14.2. The van der Waals surface area contributed by atoms with Gasteiger partial charge in [0.1, 0.15) is 0 Å². The summed E-state index contributed by atoms with van der Waals surface area (Å²) in [5.41, 5.74) is 2.42. The van der Waals surface area contributed by atoms with Crippen molar-refractivity contribution >= 4 is 45.0 Å². The first-order valence-electron chi connectivity index (χ1n) is 6.55. The number of benzene rings is 2. The quantitative estimate of drug-likeness (QED) is 0.797. The molecule has 22 heavy (non-hydrogen) atoms. The average molecular weight is 382 g/mol. The largest absolute Gasteiger partial charge is 0.344 e. The number of aryl methyl sites for hydroxylation is 1. The molecule has 6 heteroatoms. The van der Waals surface area contributed by atoms with Crippen LogP contribution in [-0.2, 0) is 16.1 Å². The minimum Gasteiger partial charge on any atom is -0.344 e. The van der Waals surface area contributed by atoms with E-state index in [1.807, 2.05) is 25.1 Å². The molecule has 0 atom stereocenters. The van der Waals surface area contributed by atoms with E-state index >= 15 is 0 Å². The van der Waals surface area contributed by atoms with E-state index in [4.69, 9.17) is 11.6 Å². The van der Waals surface area contributed by atoms with Gasteiger partial charge in [0.25, 0.3) is 0 Å². The van der Waals surface area contributed by atoms with Crippen LogP contribution in [0.15, 0.2) is 46.9 Å². The van der Waals surface area contributed by atoms with Crippen molar-refractivity contribution < 1.29 is 9.59 Å². The highest BCUT2D eigenvalue weighted by molar-refractivity contribution is 9.10. The van der Waals surface area contributed by atoms with Crippen molar-refractivity contribution in [1.29, 1.82) is 0 Å². The van der Waals surface area contributed by atoms with Crippen LogP contribution in [0.25, 0.3) is 0 Å². The van der Waals surface area contributed by atoms with Crippen LogP contribution in [0.2, 0.25) is 5.02 Å². The lowest BCUT2D eigenvalue weighted by atomic mass is 10.2. The molecule has 2 aromatic carbocycles. The van der Waals surface area contributed by atoms with Gasteiger partial charge in [0.2, 0.25) is 0 Å². The predicted molar refractivity (Wildman–Crippen MR) is 90.8 cm³/mol. The molecule has 0 spiro atoms. The minimum atomic E-state index is -0.716. The van der Waals surface area contributed by atoms with Crippen molar-refractivity contribution in [2.24, 2.45) is 0 Å². The summed E-state index contributed by atoms with van der Waals surface area (Å²) in [5, 5.41) is 5.70. The molecule has 0 saturated heterocycles. The molecule has 0 heterocycles. The molecule has 0 fully saturated rings. The van der Waals surface area contributed by atoms with Crippen molar-refractivity contribution in [3.63, 3.8) is 0 Å². The first-order chi connectivity index (χ1) is 10.5. The van der Waals surface area contributed by atoms with Gasteiger partial charge in [0.15, 0.2) is 0 Å². The Morgan fingerprint density at radius 2 is 1.91 bits per heavy atom. The molecule has 0 aliphatic rings. The number of carbonyl (C=O) groups excluding carboxylic acids is 2. The first kappa shape index (κ1) is 16.5. The van der Waals surface area contributed by atoms with Crippen LogP contribution in [0.4, 0.5) is 5.69 Å². The Morgan fingerprint density at radius 3 is 2.59 bits per heavy atom. The van der Waals surface area contributed by atoms with Gasteiger partial charge in [-0.3, -0.25) is 9.59 Å². The Labute approximate surface area is 142 Å². The lowest BCUT2D eigenvalue weighted by Gasteiger charge is -2.09. The Hall–Kier alpha value is -1.85. The summed E-state index contributed by atoms with van der Waals surface area (Å²) in [6, 6.07) is 12.5. The standard InChI is InChI=1S/C16H14BrClN2O2/c1-10-5-6-14(13(17)7-10)20-16(22)15(21)19-9-11-3-2-4-12(18)8-11/h2-8H,9H2,1H3,(H,19,21)(H,20,22). The van der Waals surface area contributed by atoms with Gasteiger partial charge in [-0.15, -0.1) is 0 Å². The van der Waals surface area contributed by atoms with Crippen LogP contribution in [0.3, 0.4) is 0 Å². The maximum absolute atomic E-state index is 11.9. The normalized spacial score (nSPS) is 10.1. The van der Waals surface area contributed by atoms with Gasteiger partial charge in [-0.1, -0.05) is 29.8 Å². The highest BCUT2D eigenvalue weighted by atomic mass is 79.9. The maximum Gasteiger partial charge on any atom is 0.313 e. The number of hydrogen-bond donors (Lipinski definition) is 2. The molecule has 0 bridgehead atoms. The Balaban J connectivity index is 1.93. The number of carbonyl (C=O) groups is 2. The monoisotopic (exact) mass is 380 g/mol. The third kappa shape index (κ3) is 4.58. The van der Waals surface area contributed by atoms with E-state index in [0.717, 1.165) is 15.6 Å². The van der Waals surface area contributed by atoms with E-state index in [-0.39, 0.29) is 6.54 Å². The van der Waals surface area contributed by atoms with Gasteiger partial charge in [0, 0.05) is 16.0 Å². The summed E-state index contributed by atoms with van der Waals surface area (Å²) in [6.07, 6.45) is 0. The molecular formula is C16H14BrClN2O2. The van der Waals surface area contributed by atoms with Gasteiger partial charge in [0.05, 0.1) is 5.69 Å². The van der Waals surface area contributed by atoms with Crippen LogP contribution in [0.1, 0.15) is 11.1 Å². The molecule has 0 aromatic heterocycles. The van der Waals surface area contributed by atoms with Crippen molar-refractivity contribution in [3.8, 4) is 0 Å². The molecule has 0 aliphatic carbocycles. The van der Waals surface area contributed by atoms with Gasteiger partial charge < -0.3 is 10.6 Å². The third-order valence-corrected chi connectivity index (χ3v) is 3.81. The highest BCUT2D eigenvalue weighted by Crippen LogP contribution is 2.23. The average Bonchev–Trinajstić information content (AvgIpc) is 2.47. The van der Waals surface area contributed by atoms with E-state index in [1.165, 1.54) is 0 Å². The van der Waals surface area contributed by atoms with Crippen LogP contribution in [0, 0.1) is 6.92 Å². The molecule has 2 amide bonds. The Bertz CT molecular complexity index is 719. The van der Waals surface area contributed by atoms with Gasteiger partial charge in [-0.2, -0.15) is 0 Å². The number of halogens is 2. The smallest absolute Gasteiger partial charge is 0.313 e. The summed E-state index contributed by atoms with van der Waals surface area (Å²) in [5.74, 6) is -1.42. The molecule has 2 aromatic rings.